The fraction of sp³-hybridized carbons (Fsp3) is 0.389. The van der Waals surface area contributed by atoms with Crippen LogP contribution in [0.25, 0.3) is 0 Å². The van der Waals surface area contributed by atoms with Gasteiger partial charge in [-0.25, -0.2) is 0 Å². The van der Waals surface area contributed by atoms with Gasteiger partial charge in [0.2, 0.25) is 11.8 Å². The summed E-state index contributed by atoms with van der Waals surface area (Å²) < 4.78 is 5.61. The molecule has 0 saturated carbocycles. The lowest BCUT2D eigenvalue weighted by Crippen LogP contribution is -2.73. The van der Waals surface area contributed by atoms with Gasteiger partial charge in [-0.2, -0.15) is 0 Å². The highest BCUT2D eigenvalue weighted by Gasteiger charge is 2.61. The molecule has 9 nitrogen and oxygen atoms in total. The van der Waals surface area contributed by atoms with Gasteiger partial charge in [0, 0.05) is 37.3 Å². The minimum Gasteiger partial charge on any atom is -0.377 e. The number of non-ortho nitro benzene ring substituents is 1. The number of hydrogen-bond acceptors (Lipinski definition) is 7. The Morgan fingerprint density at radius 1 is 1.46 bits per heavy atom. The smallest absolute Gasteiger partial charge is 0.269 e. The lowest BCUT2D eigenvalue weighted by molar-refractivity contribution is -0.384. The molecule has 3 heterocycles. The highest BCUT2D eigenvalue weighted by atomic mass is 32.1. The number of nitrogens with one attached hydrogen (secondary N) is 1. The predicted octanol–water partition coefficient (Wildman–Crippen LogP) is 0.772. The maximum Gasteiger partial charge on any atom is 0.269 e. The molecule has 1 aromatic carbocycles. The molecule has 0 radical (unpaired) electrons. The quantitative estimate of drug-likeness (QED) is 0.262. The fourth-order valence-corrected chi connectivity index (χ4v) is 4.53. The third-order valence-corrected chi connectivity index (χ3v) is 5.88. The number of ether oxygens (including phenoxy) is 1. The van der Waals surface area contributed by atoms with Gasteiger partial charge in [0.1, 0.15) is 0 Å². The maximum atomic E-state index is 13.5. The van der Waals surface area contributed by atoms with E-state index in [1.165, 1.54) is 23.1 Å². The van der Waals surface area contributed by atoms with Gasteiger partial charge in [-0.3, -0.25) is 24.6 Å². The Morgan fingerprint density at radius 2 is 2.25 bits per heavy atom. The molecule has 0 aliphatic carbocycles. The van der Waals surface area contributed by atoms with E-state index < -0.39 is 28.2 Å². The summed E-state index contributed by atoms with van der Waals surface area (Å²) in [5.74, 6) is -0.931. The number of benzene rings is 1. The number of anilines is 1. The van der Waals surface area contributed by atoms with Crippen molar-refractivity contribution in [2.24, 2.45) is 5.41 Å². The molecule has 0 aromatic heterocycles. The van der Waals surface area contributed by atoms with Crippen LogP contribution < -0.4 is 10.2 Å². The van der Waals surface area contributed by atoms with Gasteiger partial charge in [-0.1, -0.05) is 6.08 Å². The third kappa shape index (κ3) is 2.52. The van der Waals surface area contributed by atoms with E-state index in [-0.39, 0.29) is 30.4 Å². The number of carbonyl (C=O) groups excluding carboxylic acids is 2. The van der Waals surface area contributed by atoms with Gasteiger partial charge >= 0.3 is 0 Å². The molecule has 2 saturated heterocycles. The summed E-state index contributed by atoms with van der Waals surface area (Å²) in [6, 6.07) is 4.02. The van der Waals surface area contributed by atoms with Crippen molar-refractivity contribution in [2.75, 3.05) is 31.2 Å². The van der Waals surface area contributed by atoms with E-state index in [0.29, 0.717) is 18.7 Å². The molecule has 10 heteroatoms. The van der Waals surface area contributed by atoms with Crippen LogP contribution in [-0.4, -0.2) is 59.1 Å². The number of nitro groups is 1. The average molecular weight is 402 g/mol. The molecule has 2 atom stereocenters. The largest absolute Gasteiger partial charge is 0.377 e. The van der Waals surface area contributed by atoms with Crippen molar-refractivity contribution >= 4 is 40.5 Å². The van der Waals surface area contributed by atoms with Crippen LogP contribution in [0.3, 0.4) is 0 Å². The molecule has 2 unspecified atom stereocenters. The van der Waals surface area contributed by atoms with Gasteiger partial charge in [-0.15, -0.1) is 6.58 Å². The van der Waals surface area contributed by atoms with E-state index in [9.17, 15) is 19.7 Å². The molecule has 3 aliphatic heterocycles. The number of rotatable bonds is 3. The van der Waals surface area contributed by atoms with Crippen LogP contribution in [0.2, 0.25) is 0 Å². The summed E-state index contributed by atoms with van der Waals surface area (Å²) in [6.45, 7) is 4.92. The van der Waals surface area contributed by atoms with Gasteiger partial charge in [0.05, 0.1) is 24.2 Å². The lowest BCUT2D eigenvalue weighted by Gasteiger charge is -2.53. The van der Waals surface area contributed by atoms with Crippen molar-refractivity contribution < 1.29 is 19.2 Å². The standard InChI is InChI=1S/C18H18N4O5S/c1-2-5-21-16(24)18(15(23)19-17(21)28)9-11-8-12(22(25)26)3-4-13(11)20-6-7-27-10-14(18)20/h2-4,8,14H,1,5-7,9-10H2,(H,19,23,28). The van der Waals surface area contributed by atoms with Crippen LogP contribution in [0.5, 0.6) is 0 Å². The fourth-order valence-electron chi connectivity index (χ4n) is 4.28. The lowest BCUT2D eigenvalue weighted by atomic mass is 9.68. The first-order valence-electron chi connectivity index (χ1n) is 8.80. The summed E-state index contributed by atoms with van der Waals surface area (Å²) in [5.41, 5.74) is -0.188. The number of thiocarbonyl (C=S) groups is 1. The van der Waals surface area contributed by atoms with Gasteiger partial charge < -0.3 is 15.0 Å². The van der Waals surface area contributed by atoms with Crippen LogP contribution in [-0.2, 0) is 20.7 Å². The zero-order valence-electron chi connectivity index (χ0n) is 14.9. The van der Waals surface area contributed by atoms with Crippen LogP contribution in [0.4, 0.5) is 11.4 Å². The summed E-state index contributed by atoms with van der Waals surface area (Å²) in [5, 5.41) is 13.9. The van der Waals surface area contributed by atoms with Gasteiger partial charge in [0.25, 0.3) is 5.69 Å². The second-order valence-corrected chi connectivity index (χ2v) is 7.35. The number of hydrogen-bond donors (Lipinski definition) is 1. The Hall–Kier alpha value is -2.85. The predicted molar refractivity (Wildman–Crippen MR) is 104 cm³/mol. The Labute approximate surface area is 166 Å². The Morgan fingerprint density at radius 3 is 2.96 bits per heavy atom. The van der Waals surface area contributed by atoms with Crippen molar-refractivity contribution in [3.63, 3.8) is 0 Å². The summed E-state index contributed by atoms with van der Waals surface area (Å²) in [4.78, 5) is 40.7. The molecule has 4 rings (SSSR count). The minimum atomic E-state index is -1.48. The molecule has 28 heavy (non-hydrogen) atoms. The first kappa shape index (κ1) is 18.5. The Bertz CT molecular complexity index is 919. The summed E-state index contributed by atoms with van der Waals surface area (Å²) in [7, 11) is 0. The number of carbonyl (C=O) groups is 2. The van der Waals surface area contributed by atoms with Gasteiger partial charge in [-0.05, 0) is 23.8 Å². The number of nitro benzene ring substituents is 1. The summed E-state index contributed by atoms with van der Waals surface area (Å²) in [6.07, 6.45) is 1.57. The molecule has 2 fully saturated rings. The zero-order chi connectivity index (χ0) is 20.1. The van der Waals surface area contributed by atoms with E-state index >= 15 is 0 Å². The highest BCUT2D eigenvalue weighted by Crippen LogP contribution is 2.46. The maximum absolute atomic E-state index is 13.5. The van der Waals surface area contributed by atoms with Crippen LogP contribution >= 0.6 is 12.2 Å². The van der Waals surface area contributed by atoms with Crippen LogP contribution in [0.1, 0.15) is 5.56 Å². The zero-order valence-corrected chi connectivity index (χ0v) is 15.7. The molecular formula is C18H18N4O5S. The monoisotopic (exact) mass is 402 g/mol. The van der Waals surface area contributed by atoms with E-state index in [1.807, 2.05) is 4.90 Å². The van der Waals surface area contributed by atoms with Crippen molar-refractivity contribution in [2.45, 2.75) is 12.5 Å². The SMILES string of the molecule is C=CCN1C(=O)C2(Cc3cc([N+](=O)[O-])ccc3N3CCOCC32)C(=O)NC1=S. The minimum absolute atomic E-state index is 0.0358. The summed E-state index contributed by atoms with van der Waals surface area (Å²) >= 11 is 5.17. The van der Waals surface area contributed by atoms with Crippen molar-refractivity contribution in [3.8, 4) is 0 Å². The molecule has 1 N–H and O–H groups in total. The Kier molecular flexibility index (Phi) is 4.39. The second kappa shape index (κ2) is 6.64. The number of fused-ring (bicyclic) bond motifs is 4. The molecule has 2 amide bonds. The first-order valence-corrected chi connectivity index (χ1v) is 9.21. The van der Waals surface area contributed by atoms with Crippen LogP contribution in [0.15, 0.2) is 30.9 Å². The average Bonchev–Trinajstić information content (AvgIpc) is 2.69. The first-order chi connectivity index (χ1) is 13.4. The second-order valence-electron chi connectivity index (χ2n) is 6.97. The van der Waals surface area contributed by atoms with Crippen molar-refractivity contribution in [1.82, 2.24) is 10.2 Å². The molecule has 3 aliphatic rings. The molecule has 0 bridgehead atoms. The van der Waals surface area contributed by atoms with E-state index in [2.05, 4.69) is 11.9 Å². The van der Waals surface area contributed by atoms with Crippen LogP contribution in [0, 0.1) is 15.5 Å². The number of morpholine rings is 1. The number of nitrogens with zero attached hydrogens (tertiary/aromatic N) is 3. The highest BCUT2D eigenvalue weighted by molar-refractivity contribution is 7.80. The number of amides is 2. The molecule has 1 aromatic rings. The van der Waals surface area contributed by atoms with E-state index in [0.717, 1.165) is 5.69 Å². The van der Waals surface area contributed by atoms with Crippen molar-refractivity contribution in [1.29, 1.82) is 0 Å². The molecule has 146 valence electrons. The topological polar surface area (TPSA) is 105 Å². The molecular weight excluding hydrogens is 384 g/mol. The normalized spacial score (nSPS) is 26.6. The van der Waals surface area contributed by atoms with E-state index in [1.54, 1.807) is 6.07 Å². The van der Waals surface area contributed by atoms with Crippen molar-refractivity contribution in [3.05, 3.63) is 46.5 Å². The third-order valence-electron chi connectivity index (χ3n) is 5.56. The molecule has 1 spiro atoms. The Balaban J connectivity index is 1.88. The van der Waals surface area contributed by atoms with E-state index in [4.69, 9.17) is 17.0 Å². The van der Waals surface area contributed by atoms with Gasteiger partial charge in [0.15, 0.2) is 10.5 Å².